The molecule has 0 aliphatic heterocycles. The van der Waals surface area contributed by atoms with Gasteiger partial charge < -0.3 is 10.1 Å². The molecule has 0 spiro atoms. The van der Waals surface area contributed by atoms with E-state index < -0.39 is 0 Å². The number of benzene rings is 3. The van der Waals surface area contributed by atoms with Crippen LogP contribution in [-0.4, -0.2) is 7.11 Å². The number of anilines is 1. The van der Waals surface area contributed by atoms with Gasteiger partial charge in [0.25, 0.3) is 0 Å². The first-order chi connectivity index (χ1) is 10.7. The summed E-state index contributed by atoms with van der Waals surface area (Å²) in [6.45, 7) is 0.641. The van der Waals surface area contributed by atoms with Crippen molar-refractivity contribution in [3.63, 3.8) is 0 Å². The van der Waals surface area contributed by atoms with Gasteiger partial charge in [0.15, 0.2) is 0 Å². The monoisotopic (exact) mass is 331 g/mol. The number of methoxy groups -OCH3 is 1. The lowest BCUT2D eigenvalue weighted by atomic mass is 10.0. The van der Waals surface area contributed by atoms with Crippen molar-refractivity contribution in [3.05, 3.63) is 70.2 Å². The largest absolute Gasteiger partial charge is 0.496 e. The summed E-state index contributed by atoms with van der Waals surface area (Å²) in [5.41, 5.74) is 2.04. The minimum atomic E-state index is 0.538. The molecule has 0 atom stereocenters. The molecular weight excluding hydrogens is 317 g/mol. The third-order valence-corrected chi connectivity index (χ3v) is 4.35. The molecule has 1 N–H and O–H groups in total. The van der Waals surface area contributed by atoms with E-state index in [2.05, 4.69) is 23.5 Å². The predicted octanol–water partition coefficient (Wildman–Crippen LogP) is 5.77. The Bertz CT molecular complexity index is 817. The van der Waals surface area contributed by atoms with Crippen molar-refractivity contribution in [2.24, 2.45) is 0 Å². The Morgan fingerprint density at radius 3 is 2.55 bits per heavy atom. The molecule has 22 heavy (non-hydrogen) atoms. The fourth-order valence-corrected chi connectivity index (χ4v) is 2.78. The van der Waals surface area contributed by atoms with Crippen LogP contribution >= 0.6 is 23.2 Å². The van der Waals surface area contributed by atoms with Crippen molar-refractivity contribution in [3.8, 4) is 5.75 Å². The zero-order valence-corrected chi connectivity index (χ0v) is 13.6. The van der Waals surface area contributed by atoms with Gasteiger partial charge in [0.05, 0.1) is 17.2 Å². The average molecular weight is 332 g/mol. The SMILES string of the molecule is COc1ccc2ccccc2c1CNc1ccc(Cl)c(Cl)c1. The molecule has 0 fully saturated rings. The van der Waals surface area contributed by atoms with Crippen LogP contribution in [0.1, 0.15) is 5.56 Å². The average Bonchev–Trinajstić information content (AvgIpc) is 2.55. The van der Waals surface area contributed by atoms with Gasteiger partial charge in [-0.1, -0.05) is 53.5 Å². The molecule has 3 aromatic carbocycles. The van der Waals surface area contributed by atoms with Gasteiger partial charge in [-0.05, 0) is 35.0 Å². The van der Waals surface area contributed by atoms with Crippen LogP contribution < -0.4 is 10.1 Å². The van der Waals surface area contributed by atoms with Gasteiger partial charge in [-0.15, -0.1) is 0 Å². The predicted molar refractivity (Wildman–Crippen MR) is 94.3 cm³/mol. The van der Waals surface area contributed by atoms with E-state index in [9.17, 15) is 0 Å². The first-order valence-electron chi connectivity index (χ1n) is 6.92. The molecule has 0 heterocycles. The summed E-state index contributed by atoms with van der Waals surface area (Å²) in [5.74, 6) is 0.867. The van der Waals surface area contributed by atoms with Crippen LogP contribution in [0.2, 0.25) is 10.0 Å². The molecule has 0 saturated heterocycles. The van der Waals surface area contributed by atoms with Gasteiger partial charge in [-0.25, -0.2) is 0 Å². The second-order valence-corrected chi connectivity index (χ2v) is 5.76. The highest BCUT2D eigenvalue weighted by Gasteiger charge is 2.08. The van der Waals surface area contributed by atoms with Gasteiger partial charge >= 0.3 is 0 Å². The van der Waals surface area contributed by atoms with E-state index in [1.165, 1.54) is 10.8 Å². The van der Waals surface area contributed by atoms with Gasteiger partial charge in [0.2, 0.25) is 0 Å². The lowest BCUT2D eigenvalue weighted by molar-refractivity contribution is 0.411. The third-order valence-electron chi connectivity index (χ3n) is 3.61. The lowest BCUT2D eigenvalue weighted by Gasteiger charge is -2.14. The van der Waals surface area contributed by atoms with Crippen molar-refractivity contribution in [1.29, 1.82) is 0 Å². The van der Waals surface area contributed by atoms with Gasteiger partial charge in [-0.2, -0.15) is 0 Å². The van der Waals surface area contributed by atoms with E-state index in [1.54, 1.807) is 13.2 Å². The molecule has 3 rings (SSSR count). The first kappa shape index (κ1) is 15.0. The van der Waals surface area contributed by atoms with Crippen LogP contribution in [0.3, 0.4) is 0 Å². The zero-order chi connectivity index (χ0) is 15.5. The third kappa shape index (κ3) is 2.99. The Morgan fingerprint density at radius 2 is 1.77 bits per heavy atom. The van der Waals surface area contributed by atoms with Gasteiger partial charge in [-0.3, -0.25) is 0 Å². The standard InChI is InChI=1S/C18H15Cl2NO/c1-22-18-9-6-12-4-2-3-5-14(12)15(18)11-21-13-7-8-16(19)17(20)10-13/h2-10,21H,11H2,1H3. The maximum absolute atomic E-state index is 6.05. The molecule has 2 nitrogen and oxygen atoms in total. The van der Waals surface area contributed by atoms with Crippen molar-refractivity contribution in [2.75, 3.05) is 12.4 Å². The Morgan fingerprint density at radius 1 is 0.955 bits per heavy atom. The highest BCUT2D eigenvalue weighted by atomic mass is 35.5. The van der Waals surface area contributed by atoms with Gasteiger partial charge in [0, 0.05) is 17.8 Å². The van der Waals surface area contributed by atoms with Crippen LogP contribution in [-0.2, 0) is 6.54 Å². The summed E-state index contributed by atoms with van der Waals surface area (Å²) >= 11 is 12.0. The normalized spacial score (nSPS) is 10.7. The Labute approximate surface area is 139 Å². The van der Waals surface area contributed by atoms with Crippen molar-refractivity contribution in [2.45, 2.75) is 6.54 Å². The highest BCUT2D eigenvalue weighted by molar-refractivity contribution is 6.42. The summed E-state index contributed by atoms with van der Waals surface area (Å²) in [5, 5.41) is 6.83. The van der Waals surface area contributed by atoms with Crippen LogP contribution in [0, 0.1) is 0 Å². The summed E-state index contributed by atoms with van der Waals surface area (Å²) in [4.78, 5) is 0. The number of rotatable bonds is 4. The minimum absolute atomic E-state index is 0.538. The van der Waals surface area contributed by atoms with E-state index in [1.807, 2.05) is 30.3 Å². The molecule has 0 unspecified atom stereocenters. The van der Waals surface area contributed by atoms with Crippen LogP contribution in [0.15, 0.2) is 54.6 Å². The molecule has 3 aromatic rings. The minimum Gasteiger partial charge on any atom is -0.496 e. The fraction of sp³-hybridized carbons (Fsp3) is 0.111. The van der Waals surface area contributed by atoms with E-state index in [4.69, 9.17) is 27.9 Å². The number of hydrogen-bond donors (Lipinski definition) is 1. The van der Waals surface area contributed by atoms with E-state index in [0.29, 0.717) is 16.6 Å². The Hall–Kier alpha value is -1.90. The molecule has 0 bridgehead atoms. The van der Waals surface area contributed by atoms with Crippen molar-refractivity contribution < 1.29 is 4.74 Å². The van der Waals surface area contributed by atoms with Gasteiger partial charge in [0.1, 0.15) is 5.75 Å². The molecule has 4 heteroatoms. The van der Waals surface area contributed by atoms with Crippen molar-refractivity contribution >= 4 is 39.7 Å². The number of ether oxygens (including phenoxy) is 1. The van der Waals surface area contributed by atoms with Crippen LogP contribution in [0.4, 0.5) is 5.69 Å². The summed E-state index contributed by atoms with van der Waals surface area (Å²) in [7, 11) is 1.69. The Kier molecular flexibility index (Phi) is 4.41. The summed E-state index contributed by atoms with van der Waals surface area (Å²) < 4.78 is 5.50. The number of nitrogens with one attached hydrogen (secondary N) is 1. The second kappa shape index (κ2) is 6.47. The second-order valence-electron chi connectivity index (χ2n) is 4.95. The fourth-order valence-electron chi connectivity index (χ4n) is 2.49. The molecule has 0 radical (unpaired) electrons. The molecular formula is C18H15Cl2NO. The van der Waals surface area contributed by atoms with Crippen LogP contribution in [0.25, 0.3) is 10.8 Å². The van der Waals surface area contributed by atoms with Crippen LogP contribution in [0.5, 0.6) is 5.75 Å². The lowest BCUT2D eigenvalue weighted by Crippen LogP contribution is -2.02. The molecule has 0 aliphatic rings. The van der Waals surface area contributed by atoms with E-state index in [-0.39, 0.29) is 0 Å². The quantitative estimate of drug-likeness (QED) is 0.655. The smallest absolute Gasteiger partial charge is 0.124 e. The maximum atomic E-state index is 6.05. The summed E-state index contributed by atoms with van der Waals surface area (Å²) in [6, 6.07) is 17.8. The molecule has 112 valence electrons. The zero-order valence-electron chi connectivity index (χ0n) is 12.1. The Balaban J connectivity index is 1.93. The first-order valence-corrected chi connectivity index (χ1v) is 7.68. The van der Waals surface area contributed by atoms with E-state index in [0.717, 1.165) is 17.0 Å². The molecule has 0 aromatic heterocycles. The maximum Gasteiger partial charge on any atom is 0.124 e. The number of fused-ring (bicyclic) bond motifs is 1. The number of halogens is 2. The number of hydrogen-bond acceptors (Lipinski definition) is 2. The molecule has 0 aliphatic carbocycles. The highest BCUT2D eigenvalue weighted by Crippen LogP contribution is 2.30. The summed E-state index contributed by atoms with van der Waals surface area (Å²) in [6.07, 6.45) is 0. The molecule has 0 amide bonds. The van der Waals surface area contributed by atoms with Crippen molar-refractivity contribution in [1.82, 2.24) is 0 Å². The molecule has 0 saturated carbocycles. The topological polar surface area (TPSA) is 21.3 Å². The van der Waals surface area contributed by atoms with E-state index >= 15 is 0 Å².